The summed E-state index contributed by atoms with van der Waals surface area (Å²) in [5, 5.41) is 0.760. The van der Waals surface area contributed by atoms with Crippen LogP contribution >= 0.6 is 24.2 Å². The van der Waals surface area contributed by atoms with E-state index in [-0.39, 0.29) is 18.3 Å². The quantitative estimate of drug-likeness (QED) is 0.647. The lowest BCUT2D eigenvalue weighted by atomic mass is 9.78. The molecular weight excluding hydrogens is 303 g/mol. The lowest BCUT2D eigenvalue weighted by molar-refractivity contribution is 0.00578. The highest BCUT2D eigenvalue weighted by Gasteiger charge is 2.52. The lowest BCUT2D eigenvalue weighted by Gasteiger charge is -2.32. The summed E-state index contributed by atoms with van der Waals surface area (Å²) in [5.41, 5.74) is 2.41. The number of hydrogen-bond donors (Lipinski definition) is 1. The molecule has 0 aromatic heterocycles. The van der Waals surface area contributed by atoms with Crippen molar-refractivity contribution in [3.8, 4) is 0 Å². The number of benzene rings is 1. The Bertz CT molecular complexity index is 553. The maximum atomic E-state index is 6.18. The molecule has 1 fully saturated rings. The van der Waals surface area contributed by atoms with Crippen LogP contribution in [0.1, 0.15) is 38.8 Å². The molecule has 1 aliphatic heterocycles. The van der Waals surface area contributed by atoms with Crippen molar-refractivity contribution < 1.29 is 9.31 Å². The molecule has 0 spiro atoms. The van der Waals surface area contributed by atoms with E-state index in [0.717, 1.165) is 21.6 Å². The van der Waals surface area contributed by atoms with Gasteiger partial charge in [-0.2, -0.15) is 12.6 Å². The van der Waals surface area contributed by atoms with Gasteiger partial charge in [-0.15, -0.1) is 0 Å². The molecular formula is C16H22BClO2S. The van der Waals surface area contributed by atoms with Gasteiger partial charge in [0.15, 0.2) is 0 Å². The average molecular weight is 325 g/mol. The molecule has 0 N–H and O–H groups in total. The molecule has 0 unspecified atom stereocenters. The summed E-state index contributed by atoms with van der Waals surface area (Å²) in [6.07, 6.45) is 2.04. The molecule has 0 aliphatic carbocycles. The zero-order chi connectivity index (χ0) is 15.8. The second kappa shape index (κ2) is 6.00. The number of halogens is 1. The van der Waals surface area contributed by atoms with Gasteiger partial charge in [0.1, 0.15) is 0 Å². The lowest BCUT2D eigenvalue weighted by Crippen LogP contribution is -2.41. The Morgan fingerprint density at radius 1 is 1.24 bits per heavy atom. The highest BCUT2D eigenvalue weighted by molar-refractivity contribution is 7.80. The first kappa shape index (κ1) is 16.9. The molecule has 2 nitrogen and oxygen atoms in total. The molecule has 2 rings (SSSR count). The third kappa shape index (κ3) is 3.50. The molecule has 5 heteroatoms. The highest BCUT2D eigenvalue weighted by atomic mass is 35.5. The second-order valence-electron chi connectivity index (χ2n) is 6.47. The molecule has 1 saturated heterocycles. The third-order valence-electron chi connectivity index (χ3n) is 4.29. The smallest absolute Gasteiger partial charge is 0.400 e. The van der Waals surface area contributed by atoms with Crippen LogP contribution < -0.4 is 0 Å². The summed E-state index contributed by atoms with van der Waals surface area (Å²) < 4.78 is 12.1. The Morgan fingerprint density at radius 2 is 1.81 bits per heavy atom. The van der Waals surface area contributed by atoms with Crippen LogP contribution in [0.25, 0.3) is 6.08 Å². The van der Waals surface area contributed by atoms with Gasteiger partial charge < -0.3 is 9.31 Å². The zero-order valence-corrected chi connectivity index (χ0v) is 14.9. The fraction of sp³-hybridized carbons (Fsp3) is 0.500. The molecule has 1 aliphatic rings. The van der Waals surface area contributed by atoms with E-state index in [4.69, 9.17) is 20.9 Å². The van der Waals surface area contributed by atoms with Crippen molar-refractivity contribution in [3.63, 3.8) is 0 Å². The number of thiol groups is 1. The monoisotopic (exact) mass is 324 g/mol. The van der Waals surface area contributed by atoms with Crippen LogP contribution in [0.3, 0.4) is 0 Å². The van der Waals surface area contributed by atoms with E-state index in [1.54, 1.807) is 0 Å². The molecule has 1 aromatic rings. The molecule has 1 aromatic carbocycles. The van der Waals surface area contributed by atoms with Crippen LogP contribution in [0.15, 0.2) is 23.7 Å². The Hall–Kier alpha value is -0.415. The van der Waals surface area contributed by atoms with Gasteiger partial charge in [0.25, 0.3) is 0 Å². The van der Waals surface area contributed by atoms with E-state index in [9.17, 15) is 0 Å². The van der Waals surface area contributed by atoms with Gasteiger partial charge in [0, 0.05) is 10.8 Å². The van der Waals surface area contributed by atoms with Crippen molar-refractivity contribution in [1.82, 2.24) is 0 Å². The second-order valence-corrected chi connectivity index (χ2v) is 7.20. The third-order valence-corrected chi connectivity index (χ3v) is 5.06. The van der Waals surface area contributed by atoms with Crippen molar-refractivity contribution in [3.05, 3.63) is 39.8 Å². The number of hydrogen-bond acceptors (Lipinski definition) is 3. The standard InChI is InChI=1S/C16H22BClO2S/c1-11-6-7-12(9-14(11)18)8-13(10-21)17-19-15(2,3)16(4,5)20-17/h6-9,21H,10H2,1-5H3. The minimum Gasteiger partial charge on any atom is -0.400 e. The minimum atomic E-state index is -0.368. The Balaban J connectivity index is 2.28. The summed E-state index contributed by atoms with van der Waals surface area (Å²) in [6, 6.07) is 6.00. The summed E-state index contributed by atoms with van der Waals surface area (Å²) in [4.78, 5) is 0. The molecule has 21 heavy (non-hydrogen) atoms. The number of rotatable bonds is 3. The van der Waals surface area contributed by atoms with E-state index < -0.39 is 0 Å². The van der Waals surface area contributed by atoms with E-state index in [2.05, 4.69) is 12.6 Å². The molecule has 0 radical (unpaired) electrons. The van der Waals surface area contributed by atoms with E-state index in [1.807, 2.05) is 58.9 Å². The van der Waals surface area contributed by atoms with Crippen molar-refractivity contribution >= 4 is 37.4 Å². The van der Waals surface area contributed by atoms with Gasteiger partial charge >= 0.3 is 7.12 Å². The molecule has 0 saturated carbocycles. The molecule has 0 bridgehead atoms. The van der Waals surface area contributed by atoms with Crippen LogP contribution in [-0.4, -0.2) is 24.1 Å². The Kier molecular flexibility index (Phi) is 4.84. The summed E-state index contributed by atoms with van der Waals surface area (Å²) in [5.74, 6) is 0.572. The summed E-state index contributed by atoms with van der Waals surface area (Å²) in [6.45, 7) is 10.2. The van der Waals surface area contributed by atoms with Crippen molar-refractivity contribution in [2.24, 2.45) is 0 Å². The van der Waals surface area contributed by atoms with Gasteiger partial charge in [0.05, 0.1) is 11.2 Å². The number of aryl methyl sites for hydroxylation is 1. The normalized spacial score (nSPS) is 20.9. The van der Waals surface area contributed by atoms with E-state index >= 15 is 0 Å². The molecule has 1 heterocycles. The van der Waals surface area contributed by atoms with Crippen LogP contribution in [-0.2, 0) is 9.31 Å². The SMILES string of the molecule is Cc1ccc(C=C(CS)B2OC(C)(C)C(C)(C)O2)cc1Cl. The van der Waals surface area contributed by atoms with Crippen molar-refractivity contribution in [2.45, 2.75) is 45.8 Å². The minimum absolute atomic E-state index is 0.343. The average Bonchev–Trinajstić information content (AvgIpc) is 2.59. The van der Waals surface area contributed by atoms with Crippen LogP contribution in [0.5, 0.6) is 0 Å². The fourth-order valence-corrected chi connectivity index (χ4v) is 2.52. The maximum absolute atomic E-state index is 6.18. The van der Waals surface area contributed by atoms with Crippen LogP contribution in [0.4, 0.5) is 0 Å². The maximum Gasteiger partial charge on any atom is 0.491 e. The molecule has 0 atom stereocenters. The Morgan fingerprint density at radius 3 is 2.29 bits per heavy atom. The first-order valence-electron chi connectivity index (χ1n) is 7.09. The van der Waals surface area contributed by atoms with Gasteiger partial charge in [-0.1, -0.05) is 29.8 Å². The van der Waals surface area contributed by atoms with Gasteiger partial charge in [-0.25, -0.2) is 0 Å². The van der Waals surface area contributed by atoms with Crippen LogP contribution in [0, 0.1) is 6.92 Å². The predicted molar refractivity (Wildman–Crippen MR) is 94.1 cm³/mol. The van der Waals surface area contributed by atoms with Gasteiger partial charge in [-0.3, -0.25) is 0 Å². The summed E-state index contributed by atoms with van der Waals surface area (Å²) >= 11 is 10.6. The van der Waals surface area contributed by atoms with E-state index in [1.165, 1.54) is 0 Å². The highest BCUT2D eigenvalue weighted by Crippen LogP contribution is 2.39. The zero-order valence-electron chi connectivity index (χ0n) is 13.2. The van der Waals surface area contributed by atoms with Crippen LogP contribution in [0.2, 0.25) is 5.02 Å². The van der Waals surface area contributed by atoms with Gasteiger partial charge in [-0.05, 0) is 57.3 Å². The van der Waals surface area contributed by atoms with Gasteiger partial charge in [0.2, 0.25) is 0 Å². The van der Waals surface area contributed by atoms with Crippen molar-refractivity contribution in [1.29, 1.82) is 0 Å². The molecule has 0 amide bonds. The van der Waals surface area contributed by atoms with Crippen molar-refractivity contribution in [2.75, 3.05) is 5.75 Å². The first-order chi connectivity index (χ1) is 9.66. The summed E-state index contributed by atoms with van der Waals surface area (Å²) in [7, 11) is -0.368. The predicted octanol–water partition coefficient (Wildman–Crippen LogP) is 4.59. The Labute approximate surface area is 138 Å². The van der Waals surface area contributed by atoms with E-state index in [0.29, 0.717) is 5.75 Å². The largest absolute Gasteiger partial charge is 0.491 e. The molecule has 114 valence electrons. The fourth-order valence-electron chi connectivity index (χ4n) is 2.10. The topological polar surface area (TPSA) is 18.5 Å². The first-order valence-corrected chi connectivity index (χ1v) is 8.10.